The Kier molecular flexibility index (Phi) is 3.48. The summed E-state index contributed by atoms with van der Waals surface area (Å²) >= 11 is 0. The average Bonchev–Trinajstić information content (AvgIpc) is 3.16. The number of allylic oxidation sites excluding steroid dienone is 1. The number of imidazole rings is 1. The molecule has 124 valence electrons. The Labute approximate surface area is 137 Å². The lowest BCUT2D eigenvalue weighted by Crippen LogP contribution is -2.26. The Balaban J connectivity index is 1.78. The van der Waals surface area contributed by atoms with Gasteiger partial charge >= 0.3 is 5.69 Å². The number of nitrogens with one attached hydrogen (secondary N) is 2. The summed E-state index contributed by atoms with van der Waals surface area (Å²) in [6, 6.07) is 2.05. The third kappa shape index (κ3) is 2.42. The quantitative estimate of drug-likeness (QED) is 0.640. The van der Waals surface area contributed by atoms with E-state index in [1.165, 1.54) is 6.08 Å². The summed E-state index contributed by atoms with van der Waals surface area (Å²) in [4.78, 5) is 33.8. The number of aromatic amines is 2. The van der Waals surface area contributed by atoms with Gasteiger partial charge in [0.05, 0.1) is 17.2 Å². The predicted octanol–water partition coefficient (Wildman–Crippen LogP) is 1.98. The zero-order chi connectivity index (χ0) is 16.7. The first-order valence-electron chi connectivity index (χ1n) is 8.17. The van der Waals surface area contributed by atoms with Crippen molar-refractivity contribution in [3.05, 3.63) is 41.1 Å². The van der Waals surface area contributed by atoms with Crippen LogP contribution in [-0.4, -0.2) is 25.4 Å². The smallest absolute Gasteiger partial charge is 0.326 e. The minimum Gasteiger partial charge on any atom is -0.366 e. The highest BCUT2D eigenvalue weighted by Gasteiger charge is 2.25. The Hall–Kier alpha value is -2.83. The first-order chi connectivity index (χ1) is 11.6. The summed E-state index contributed by atoms with van der Waals surface area (Å²) in [5.74, 6) is -0.168. The highest BCUT2D eigenvalue weighted by molar-refractivity contribution is 6.00. The van der Waals surface area contributed by atoms with Gasteiger partial charge in [-0.1, -0.05) is 12.5 Å². The van der Waals surface area contributed by atoms with E-state index in [4.69, 9.17) is 5.73 Å². The Morgan fingerprint density at radius 3 is 3.12 bits per heavy atom. The van der Waals surface area contributed by atoms with Gasteiger partial charge in [0.25, 0.3) is 0 Å². The summed E-state index contributed by atoms with van der Waals surface area (Å²) in [6.45, 7) is 0. The van der Waals surface area contributed by atoms with Crippen LogP contribution < -0.4 is 11.4 Å². The van der Waals surface area contributed by atoms with E-state index in [0.29, 0.717) is 0 Å². The van der Waals surface area contributed by atoms with Crippen molar-refractivity contribution in [2.24, 2.45) is 11.7 Å². The molecule has 0 saturated heterocycles. The van der Waals surface area contributed by atoms with Gasteiger partial charge in [0.1, 0.15) is 5.65 Å². The van der Waals surface area contributed by atoms with Crippen LogP contribution in [0.25, 0.3) is 22.1 Å². The van der Waals surface area contributed by atoms with E-state index < -0.39 is 5.91 Å². The second-order valence-corrected chi connectivity index (χ2v) is 6.40. The topological polar surface area (TPSA) is 110 Å². The molecule has 4 rings (SSSR count). The molecule has 0 aromatic carbocycles. The summed E-state index contributed by atoms with van der Waals surface area (Å²) in [5, 5.41) is 0.945. The molecular formula is C17H19N5O2. The number of amides is 1. The largest absolute Gasteiger partial charge is 0.366 e. The Morgan fingerprint density at radius 1 is 1.42 bits per heavy atom. The second-order valence-electron chi connectivity index (χ2n) is 6.40. The van der Waals surface area contributed by atoms with Gasteiger partial charge in [-0.2, -0.15) is 0 Å². The maximum atomic E-state index is 12.6. The van der Waals surface area contributed by atoms with Crippen molar-refractivity contribution in [1.82, 2.24) is 19.5 Å². The number of nitrogens with zero attached hydrogens (tertiary/aromatic N) is 2. The summed E-state index contributed by atoms with van der Waals surface area (Å²) < 4.78 is 1.86. The normalized spacial score (nSPS) is 21.8. The van der Waals surface area contributed by atoms with E-state index >= 15 is 0 Å². The number of carbonyl (C=O) groups excluding carboxylic acids is 1. The SMILES string of the molecule is NC(=O)C=C[C@@H]1CCC[C@@H](n2c(=O)[nH]c3cnc4[nH]ccc4c32)C1. The third-order valence-electron chi connectivity index (χ3n) is 4.84. The van der Waals surface area contributed by atoms with E-state index in [2.05, 4.69) is 15.0 Å². The zero-order valence-electron chi connectivity index (χ0n) is 13.2. The van der Waals surface area contributed by atoms with Crippen molar-refractivity contribution >= 4 is 28.0 Å². The van der Waals surface area contributed by atoms with Crippen molar-refractivity contribution in [1.29, 1.82) is 0 Å². The first kappa shape index (κ1) is 14.7. The number of H-pyrrole nitrogens is 2. The molecule has 4 N–H and O–H groups in total. The van der Waals surface area contributed by atoms with E-state index in [1.54, 1.807) is 6.20 Å². The van der Waals surface area contributed by atoms with Crippen molar-refractivity contribution in [3.8, 4) is 0 Å². The molecule has 24 heavy (non-hydrogen) atoms. The highest BCUT2D eigenvalue weighted by atomic mass is 16.1. The summed E-state index contributed by atoms with van der Waals surface area (Å²) in [7, 11) is 0. The molecule has 0 spiro atoms. The molecule has 0 radical (unpaired) electrons. The third-order valence-corrected chi connectivity index (χ3v) is 4.84. The number of fused-ring (bicyclic) bond motifs is 3. The van der Waals surface area contributed by atoms with Crippen molar-refractivity contribution in [3.63, 3.8) is 0 Å². The molecule has 1 fully saturated rings. The van der Waals surface area contributed by atoms with Crippen LogP contribution in [0.1, 0.15) is 31.7 Å². The minimum atomic E-state index is -0.429. The van der Waals surface area contributed by atoms with Gasteiger partial charge in [-0.3, -0.25) is 9.36 Å². The van der Waals surface area contributed by atoms with Crippen LogP contribution in [0.4, 0.5) is 0 Å². The van der Waals surface area contributed by atoms with Gasteiger partial charge in [0, 0.05) is 17.6 Å². The molecule has 3 heterocycles. The predicted molar refractivity (Wildman–Crippen MR) is 91.5 cm³/mol. The number of aromatic nitrogens is 4. The van der Waals surface area contributed by atoms with Gasteiger partial charge in [0.2, 0.25) is 5.91 Å². The lowest BCUT2D eigenvalue weighted by molar-refractivity contribution is -0.113. The minimum absolute atomic E-state index is 0.100. The van der Waals surface area contributed by atoms with Crippen LogP contribution in [0.15, 0.2) is 35.4 Å². The van der Waals surface area contributed by atoms with Crippen LogP contribution in [0.3, 0.4) is 0 Å². The van der Waals surface area contributed by atoms with Crippen molar-refractivity contribution in [2.75, 3.05) is 0 Å². The number of nitrogens with two attached hydrogens (primary N) is 1. The Bertz CT molecular complexity index is 993. The fourth-order valence-corrected chi connectivity index (χ4v) is 3.81. The highest BCUT2D eigenvalue weighted by Crippen LogP contribution is 2.35. The van der Waals surface area contributed by atoms with Crippen LogP contribution >= 0.6 is 0 Å². The lowest BCUT2D eigenvalue weighted by Gasteiger charge is -2.28. The molecule has 1 aliphatic rings. The van der Waals surface area contributed by atoms with Gasteiger partial charge in [-0.25, -0.2) is 9.78 Å². The van der Waals surface area contributed by atoms with E-state index in [0.717, 1.165) is 47.8 Å². The molecule has 3 aromatic heterocycles. The standard InChI is InChI=1S/C17H19N5O2/c18-14(23)5-4-10-2-1-3-11(8-10)22-15-12-6-7-19-16(12)20-9-13(15)21-17(22)24/h4-7,9-11H,1-3,8H2,(H2,18,23)(H,19,20)(H,21,24)/t10-,11+/m0/s1. The molecule has 0 aliphatic heterocycles. The monoisotopic (exact) mass is 325 g/mol. The number of primary amides is 1. The van der Waals surface area contributed by atoms with Gasteiger partial charge < -0.3 is 15.7 Å². The molecule has 2 atom stereocenters. The lowest BCUT2D eigenvalue weighted by atomic mass is 9.85. The van der Waals surface area contributed by atoms with Crippen LogP contribution in [0.5, 0.6) is 0 Å². The molecule has 1 saturated carbocycles. The fraction of sp³-hybridized carbons (Fsp3) is 0.353. The summed E-state index contributed by atoms with van der Waals surface area (Å²) in [5.41, 5.74) is 7.51. The van der Waals surface area contributed by atoms with Crippen LogP contribution in [-0.2, 0) is 4.79 Å². The maximum Gasteiger partial charge on any atom is 0.326 e. The number of pyridine rings is 1. The van der Waals surface area contributed by atoms with Crippen molar-refractivity contribution < 1.29 is 4.79 Å². The molecule has 1 amide bonds. The number of rotatable bonds is 3. The molecule has 0 bridgehead atoms. The number of hydrogen-bond donors (Lipinski definition) is 3. The second kappa shape index (κ2) is 5.67. The maximum absolute atomic E-state index is 12.6. The summed E-state index contributed by atoms with van der Waals surface area (Å²) in [6.07, 6.45) is 10.6. The molecule has 1 aliphatic carbocycles. The first-order valence-corrected chi connectivity index (χ1v) is 8.17. The van der Waals surface area contributed by atoms with Crippen molar-refractivity contribution in [2.45, 2.75) is 31.7 Å². The van der Waals surface area contributed by atoms with Gasteiger partial charge in [-0.15, -0.1) is 0 Å². The number of hydrogen-bond acceptors (Lipinski definition) is 3. The number of carbonyl (C=O) groups is 1. The van der Waals surface area contributed by atoms with Gasteiger partial charge in [-0.05, 0) is 37.3 Å². The molecular weight excluding hydrogens is 306 g/mol. The Morgan fingerprint density at radius 2 is 2.29 bits per heavy atom. The van der Waals surface area contributed by atoms with E-state index in [1.807, 2.05) is 22.9 Å². The van der Waals surface area contributed by atoms with E-state index in [9.17, 15) is 9.59 Å². The average molecular weight is 325 g/mol. The molecule has 0 unspecified atom stereocenters. The fourth-order valence-electron chi connectivity index (χ4n) is 3.81. The van der Waals surface area contributed by atoms with Gasteiger partial charge in [0.15, 0.2) is 0 Å². The molecule has 7 nitrogen and oxygen atoms in total. The van der Waals surface area contributed by atoms with E-state index in [-0.39, 0.29) is 17.6 Å². The molecule has 3 aromatic rings. The van der Waals surface area contributed by atoms with Crippen LogP contribution in [0.2, 0.25) is 0 Å². The molecule has 7 heteroatoms. The zero-order valence-corrected chi connectivity index (χ0v) is 13.2. The van der Waals surface area contributed by atoms with Crippen LogP contribution in [0, 0.1) is 5.92 Å².